The zero-order chi connectivity index (χ0) is 14.4. The Bertz CT molecular complexity index is 521. The molecule has 2 aromatic carbocycles. The quantitative estimate of drug-likeness (QED) is 0.786. The van der Waals surface area contributed by atoms with Crippen LogP contribution in [0.25, 0.3) is 0 Å². The molecule has 2 heteroatoms. The van der Waals surface area contributed by atoms with Gasteiger partial charge in [0.15, 0.2) is 0 Å². The third-order valence-electron chi connectivity index (χ3n) is 3.75. The number of hydrogen-bond acceptors (Lipinski definition) is 1. The van der Waals surface area contributed by atoms with Crippen molar-refractivity contribution >= 4 is 11.6 Å². The van der Waals surface area contributed by atoms with Gasteiger partial charge < -0.3 is 5.11 Å². The number of rotatable bonds is 6. The summed E-state index contributed by atoms with van der Waals surface area (Å²) in [6.45, 7) is 2.14. The first-order valence-electron chi connectivity index (χ1n) is 7.09. The van der Waals surface area contributed by atoms with Crippen molar-refractivity contribution in [2.75, 3.05) is 5.88 Å². The van der Waals surface area contributed by atoms with Gasteiger partial charge in [-0.1, -0.05) is 61.5 Å². The van der Waals surface area contributed by atoms with Crippen molar-refractivity contribution in [3.05, 3.63) is 71.3 Å². The van der Waals surface area contributed by atoms with Crippen molar-refractivity contribution in [3.63, 3.8) is 0 Å². The molecule has 2 aromatic rings. The van der Waals surface area contributed by atoms with E-state index in [4.69, 9.17) is 11.6 Å². The summed E-state index contributed by atoms with van der Waals surface area (Å²) in [5.74, 6) is 0.443. The summed E-state index contributed by atoms with van der Waals surface area (Å²) < 4.78 is 0. The highest BCUT2D eigenvalue weighted by Crippen LogP contribution is 2.30. The van der Waals surface area contributed by atoms with Crippen LogP contribution in [0.1, 0.15) is 30.0 Å². The average molecular weight is 289 g/mol. The lowest BCUT2D eigenvalue weighted by Crippen LogP contribution is -2.29. The van der Waals surface area contributed by atoms with E-state index in [1.807, 2.05) is 30.3 Å². The van der Waals surface area contributed by atoms with E-state index in [9.17, 15) is 5.11 Å². The van der Waals surface area contributed by atoms with Crippen molar-refractivity contribution in [2.24, 2.45) is 0 Å². The van der Waals surface area contributed by atoms with Gasteiger partial charge in [-0.05, 0) is 29.5 Å². The van der Waals surface area contributed by atoms with Crippen LogP contribution in [0.15, 0.2) is 54.6 Å². The predicted molar refractivity (Wildman–Crippen MR) is 85.2 cm³/mol. The van der Waals surface area contributed by atoms with Crippen molar-refractivity contribution in [1.82, 2.24) is 0 Å². The molecule has 1 N–H and O–H groups in total. The Morgan fingerprint density at radius 3 is 2.10 bits per heavy atom. The van der Waals surface area contributed by atoms with Crippen LogP contribution in [-0.4, -0.2) is 11.0 Å². The van der Waals surface area contributed by atoms with Gasteiger partial charge in [-0.3, -0.25) is 0 Å². The van der Waals surface area contributed by atoms with E-state index in [0.717, 1.165) is 17.5 Å². The third kappa shape index (κ3) is 3.62. The van der Waals surface area contributed by atoms with E-state index in [1.54, 1.807) is 0 Å². The Kier molecular flexibility index (Phi) is 5.22. The molecule has 1 nitrogen and oxygen atoms in total. The van der Waals surface area contributed by atoms with E-state index in [2.05, 4.69) is 31.2 Å². The fourth-order valence-electron chi connectivity index (χ4n) is 2.47. The normalized spacial score (nSPS) is 13.9. The molecule has 0 aliphatic rings. The summed E-state index contributed by atoms with van der Waals surface area (Å²) in [6, 6.07) is 18.2. The SMILES string of the molecule is CCc1ccc(CC(O)(CCCl)c2ccccc2)cc1. The molecule has 0 fully saturated rings. The number of aliphatic hydroxyl groups is 1. The van der Waals surface area contributed by atoms with Crippen molar-refractivity contribution in [1.29, 1.82) is 0 Å². The molecule has 0 aliphatic heterocycles. The van der Waals surface area contributed by atoms with Crippen LogP contribution in [0.2, 0.25) is 0 Å². The smallest absolute Gasteiger partial charge is 0.0948 e. The van der Waals surface area contributed by atoms with Gasteiger partial charge in [0.1, 0.15) is 0 Å². The molecule has 0 radical (unpaired) electrons. The summed E-state index contributed by atoms with van der Waals surface area (Å²) in [7, 11) is 0. The number of hydrogen-bond donors (Lipinski definition) is 1. The van der Waals surface area contributed by atoms with Crippen LogP contribution in [0.3, 0.4) is 0 Å². The van der Waals surface area contributed by atoms with E-state index in [0.29, 0.717) is 18.7 Å². The topological polar surface area (TPSA) is 20.2 Å². The predicted octanol–water partition coefficient (Wildman–Crippen LogP) is 4.31. The lowest BCUT2D eigenvalue weighted by atomic mass is 9.85. The number of halogens is 1. The van der Waals surface area contributed by atoms with Gasteiger partial charge in [-0.2, -0.15) is 0 Å². The minimum Gasteiger partial charge on any atom is -0.385 e. The standard InChI is InChI=1S/C18H21ClO/c1-2-15-8-10-16(11-9-15)14-18(20,12-13-19)17-6-4-3-5-7-17/h3-11,20H,2,12-14H2,1H3. The Hall–Kier alpha value is -1.31. The largest absolute Gasteiger partial charge is 0.385 e. The molecule has 1 atom stereocenters. The molecule has 2 rings (SSSR count). The van der Waals surface area contributed by atoms with Gasteiger partial charge in [0.2, 0.25) is 0 Å². The molecule has 1 unspecified atom stereocenters. The van der Waals surface area contributed by atoms with Crippen LogP contribution in [0, 0.1) is 0 Å². The molecule has 20 heavy (non-hydrogen) atoms. The second-order valence-electron chi connectivity index (χ2n) is 5.18. The molecular formula is C18H21ClO. The zero-order valence-corrected chi connectivity index (χ0v) is 12.6. The molecule has 0 bridgehead atoms. The first kappa shape index (κ1) is 15.1. The fraction of sp³-hybridized carbons (Fsp3) is 0.333. The number of aryl methyl sites for hydroxylation is 1. The Morgan fingerprint density at radius 2 is 1.55 bits per heavy atom. The van der Waals surface area contributed by atoms with Crippen LogP contribution in [0.4, 0.5) is 0 Å². The van der Waals surface area contributed by atoms with Crippen LogP contribution < -0.4 is 0 Å². The molecule has 0 aliphatic carbocycles. The first-order chi connectivity index (χ1) is 9.68. The summed E-state index contributed by atoms with van der Waals surface area (Å²) in [5.41, 5.74) is 2.49. The number of alkyl halides is 1. The van der Waals surface area contributed by atoms with Crippen LogP contribution >= 0.6 is 11.6 Å². The molecule has 0 spiro atoms. The summed E-state index contributed by atoms with van der Waals surface area (Å²) in [5, 5.41) is 11.0. The molecule has 0 aromatic heterocycles. The lowest BCUT2D eigenvalue weighted by Gasteiger charge is -2.28. The summed E-state index contributed by atoms with van der Waals surface area (Å²) in [4.78, 5) is 0. The maximum Gasteiger partial charge on any atom is 0.0948 e. The highest BCUT2D eigenvalue weighted by molar-refractivity contribution is 6.17. The van der Waals surface area contributed by atoms with Crippen LogP contribution in [0.5, 0.6) is 0 Å². The monoisotopic (exact) mass is 288 g/mol. The van der Waals surface area contributed by atoms with Crippen molar-refractivity contribution in [2.45, 2.75) is 31.8 Å². The summed E-state index contributed by atoms with van der Waals surface area (Å²) in [6.07, 6.45) is 2.17. The Morgan fingerprint density at radius 1 is 0.950 bits per heavy atom. The average Bonchev–Trinajstić information content (AvgIpc) is 2.49. The van der Waals surface area contributed by atoms with Gasteiger partial charge in [-0.25, -0.2) is 0 Å². The highest BCUT2D eigenvalue weighted by atomic mass is 35.5. The van der Waals surface area contributed by atoms with Gasteiger partial charge in [0, 0.05) is 12.3 Å². The minimum absolute atomic E-state index is 0.443. The van der Waals surface area contributed by atoms with E-state index < -0.39 is 5.60 Å². The number of benzene rings is 2. The van der Waals surface area contributed by atoms with E-state index >= 15 is 0 Å². The second-order valence-corrected chi connectivity index (χ2v) is 5.56. The lowest BCUT2D eigenvalue weighted by molar-refractivity contribution is 0.0336. The molecule has 0 saturated heterocycles. The van der Waals surface area contributed by atoms with Gasteiger partial charge in [0.25, 0.3) is 0 Å². The van der Waals surface area contributed by atoms with Gasteiger partial charge in [-0.15, -0.1) is 11.6 Å². The zero-order valence-electron chi connectivity index (χ0n) is 11.8. The maximum absolute atomic E-state index is 11.0. The Labute approximate surface area is 126 Å². The Balaban J connectivity index is 2.24. The second kappa shape index (κ2) is 6.92. The molecule has 106 valence electrons. The molecule has 0 amide bonds. The van der Waals surface area contributed by atoms with Gasteiger partial charge >= 0.3 is 0 Å². The molecule has 0 saturated carbocycles. The van der Waals surface area contributed by atoms with Gasteiger partial charge in [0.05, 0.1) is 5.60 Å². The van der Waals surface area contributed by atoms with E-state index in [-0.39, 0.29) is 0 Å². The molecular weight excluding hydrogens is 268 g/mol. The summed E-state index contributed by atoms with van der Waals surface area (Å²) >= 11 is 5.89. The minimum atomic E-state index is -0.892. The fourth-order valence-corrected chi connectivity index (χ4v) is 2.78. The highest BCUT2D eigenvalue weighted by Gasteiger charge is 2.28. The van der Waals surface area contributed by atoms with Crippen molar-refractivity contribution in [3.8, 4) is 0 Å². The molecule has 0 heterocycles. The first-order valence-corrected chi connectivity index (χ1v) is 7.63. The van der Waals surface area contributed by atoms with E-state index in [1.165, 1.54) is 5.56 Å². The maximum atomic E-state index is 11.0. The third-order valence-corrected chi connectivity index (χ3v) is 3.94. The van der Waals surface area contributed by atoms with Crippen molar-refractivity contribution < 1.29 is 5.11 Å². The van der Waals surface area contributed by atoms with Crippen LogP contribution in [-0.2, 0) is 18.4 Å².